The predicted molar refractivity (Wildman–Crippen MR) is 84.9 cm³/mol. The molecule has 0 aliphatic rings. The van der Waals surface area contributed by atoms with Crippen LogP contribution in [-0.4, -0.2) is 6.54 Å². The van der Waals surface area contributed by atoms with Crippen molar-refractivity contribution in [3.8, 4) is 0 Å². The first kappa shape index (κ1) is 14.3. The standard InChI is InChI=1S/C17H23NS/c1-3-11-18-17(9-6-15-10-12-19-13-15)16-7-4-14(2)5-8-16/h4-5,7-8,10,12-13,17-18H,3,6,9,11H2,1-2H3. The van der Waals surface area contributed by atoms with Crippen molar-refractivity contribution in [3.05, 3.63) is 57.8 Å². The van der Waals surface area contributed by atoms with Gasteiger partial charge in [0.1, 0.15) is 0 Å². The van der Waals surface area contributed by atoms with Gasteiger partial charge in [-0.05, 0) is 60.7 Å². The average Bonchev–Trinajstić information content (AvgIpc) is 2.93. The molecule has 0 bridgehead atoms. The van der Waals surface area contributed by atoms with Crippen LogP contribution in [-0.2, 0) is 6.42 Å². The molecule has 0 amide bonds. The third-order valence-corrected chi connectivity index (χ3v) is 4.15. The quantitative estimate of drug-likeness (QED) is 0.769. The highest BCUT2D eigenvalue weighted by molar-refractivity contribution is 7.07. The summed E-state index contributed by atoms with van der Waals surface area (Å²) in [6.07, 6.45) is 3.50. The molecule has 2 heteroatoms. The normalized spacial score (nSPS) is 12.5. The van der Waals surface area contributed by atoms with Gasteiger partial charge in [-0.3, -0.25) is 0 Å². The van der Waals surface area contributed by atoms with Crippen LogP contribution in [0.1, 0.15) is 42.5 Å². The molecular weight excluding hydrogens is 250 g/mol. The summed E-state index contributed by atoms with van der Waals surface area (Å²) in [5.74, 6) is 0. The Bertz CT molecular complexity index is 459. The Labute approximate surface area is 120 Å². The fourth-order valence-corrected chi connectivity index (χ4v) is 2.95. The fourth-order valence-electron chi connectivity index (χ4n) is 2.25. The zero-order chi connectivity index (χ0) is 13.5. The average molecular weight is 273 g/mol. The Hall–Kier alpha value is -1.12. The summed E-state index contributed by atoms with van der Waals surface area (Å²) in [5, 5.41) is 8.09. The van der Waals surface area contributed by atoms with Crippen LogP contribution < -0.4 is 5.32 Å². The van der Waals surface area contributed by atoms with Crippen LogP contribution in [0.15, 0.2) is 41.1 Å². The topological polar surface area (TPSA) is 12.0 Å². The molecule has 0 aliphatic carbocycles. The van der Waals surface area contributed by atoms with E-state index in [0.717, 1.165) is 13.0 Å². The van der Waals surface area contributed by atoms with Gasteiger partial charge in [-0.1, -0.05) is 36.8 Å². The molecule has 0 spiro atoms. The van der Waals surface area contributed by atoms with Crippen molar-refractivity contribution in [1.29, 1.82) is 0 Å². The molecule has 0 aliphatic heterocycles. The molecule has 19 heavy (non-hydrogen) atoms. The predicted octanol–water partition coefficient (Wildman–Crippen LogP) is 4.73. The van der Waals surface area contributed by atoms with E-state index in [1.54, 1.807) is 11.3 Å². The molecule has 2 rings (SSSR count). The maximum absolute atomic E-state index is 3.67. The second kappa shape index (κ2) is 7.46. The van der Waals surface area contributed by atoms with Crippen LogP contribution in [0.4, 0.5) is 0 Å². The van der Waals surface area contributed by atoms with Crippen LogP contribution in [0.5, 0.6) is 0 Å². The highest BCUT2D eigenvalue weighted by Crippen LogP contribution is 2.20. The van der Waals surface area contributed by atoms with Gasteiger partial charge in [0.25, 0.3) is 0 Å². The van der Waals surface area contributed by atoms with Gasteiger partial charge in [-0.2, -0.15) is 11.3 Å². The van der Waals surface area contributed by atoms with E-state index < -0.39 is 0 Å². The summed E-state index contributed by atoms with van der Waals surface area (Å²) in [6.45, 7) is 5.45. The van der Waals surface area contributed by atoms with E-state index in [4.69, 9.17) is 0 Å². The van der Waals surface area contributed by atoms with Crippen molar-refractivity contribution in [2.24, 2.45) is 0 Å². The molecule has 1 nitrogen and oxygen atoms in total. The first-order valence-corrected chi connectivity index (χ1v) is 8.05. The highest BCUT2D eigenvalue weighted by atomic mass is 32.1. The summed E-state index contributed by atoms with van der Waals surface area (Å²) < 4.78 is 0. The maximum Gasteiger partial charge on any atom is 0.0323 e. The Morgan fingerprint density at radius 2 is 1.95 bits per heavy atom. The number of rotatable bonds is 7. The molecule has 2 aromatic rings. The zero-order valence-corrected chi connectivity index (χ0v) is 12.7. The maximum atomic E-state index is 3.67. The minimum Gasteiger partial charge on any atom is -0.310 e. The fraction of sp³-hybridized carbons (Fsp3) is 0.412. The van der Waals surface area contributed by atoms with E-state index in [9.17, 15) is 0 Å². The molecule has 0 fully saturated rings. The molecular formula is C17H23NS. The smallest absolute Gasteiger partial charge is 0.0323 e. The second-order valence-electron chi connectivity index (χ2n) is 5.09. The molecule has 1 atom stereocenters. The van der Waals surface area contributed by atoms with E-state index in [2.05, 4.69) is 60.3 Å². The summed E-state index contributed by atoms with van der Waals surface area (Å²) in [5.41, 5.74) is 4.20. The van der Waals surface area contributed by atoms with Crippen molar-refractivity contribution < 1.29 is 0 Å². The van der Waals surface area contributed by atoms with Gasteiger partial charge in [0, 0.05) is 6.04 Å². The summed E-state index contributed by atoms with van der Waals surface area (Å²) in [4.78, 5) is 0. The van der Waals surface area contributed by atoms with Gasteiger partial charge in [0.2, 0.25) is 0 Å². The van der Waals surface area contributed by atoms with E-state index in [1.807, 2.05) is 0 Å². The Morgan fingerprint density at radius 3 is 2.58 bits per heavy atom. The number of nitrogens with one attached hydrogen (secondary N) is 1. The Morgan fingerprint density at radius 1 is 1.16 bits per heavy atom. The number of aryl methyl sites for hydroxylation is 2. The summed E-state index contributed by atoms with van der Waals surface area (Å²) in [7, 11) is 0. The molecule has 0 radical (unpaired) electrons. The molecule has 0 saturated heterocycles. The lowest BCUT2D eigenvalue weighted by atomic mass is 9.99. The minimum absolute atomic E-state index is 0.473. The van der Waals surface area contributed by atoms with Crippen LogP contribution in [0.2, 0.25) is 0 Å². The van der Waals surface area contributed by atoms with Gasteiger partial charge in [-0.25, -0.2) is 0 Å². The van der Waals surface area contributed by atoms with Crippen molar-refractivity contribution in [3.63, 3.8) is 0 Å². The lowest BCUT2D eigenvalue weighted by Gasteiger charge is -2.19. The van der Waals surface area contributed by atoms with Crippen LogP contribution >= 0.6 is 11.3 Å². The lowest BCUT2D eigenvalue weighted by Crippen LogP contribution is -2.22. The molecule has 1 heterocycles. The van der Waals surface area contributed by atoms with Crippen molar-refractivity contribution in [1.82, 2.24) is 5.32 Å². The third kappa shape index (κ3) is 4.48. The second-order valence-corrected chi connectivity index (χ2v) is 5.87. The molecule has 1 unspecified atom stereocenters. The zero-order valence-electron chi connectivity index (χ0n) is 11.9. The highest BCUT2D eigenvalue weighted by Gasteiger charge is 2.10. The summed E-state index contributed by atoms with van der Waals surface area (Å²) in [6, 6.07) is 11.6. The minimum atomic E-state index is 0.473. The van der Waals surface area contributed by atoms with Crippen molar-refractivity contribution in [2.75, 3.05) is 6.54 Å². The molecule has 102 valence electrons. The van der Waals surface area contributed by atoms with Gasteiger partial charge < -0.3 is 5.32 Å². The molecule has 1 aromatic carbocycles. The lowest BCUT2D eigenvalue weighted by molar-refractivity contribution is 0.499. The van der Waals surface area contributed by atoms with Gasteiger partial charge in [-0.15, -0.1) is 0 Å². The SMILES string of the molecule is CCCNC(CCc1ccsc1)c1ccc(C)cc1. The van der Waals surface area contributed by atoms with Gasteiger partial charge in [0.15, 0.2) is 0 Å². The van der Waals surface area contributed by atoms with E-state index in [1.165, 1.54) is 29.5 Å². The molecule has 1 aromatic heterocycles. The summed E-state index contributed by atoms with van der Waals surface area (Å²) >= 11 is 1.79. The first-order valence-electron chi connectivity index (χ1n) is 7.10. The van der Waals surface area contributed by atoms with Crippen LogP contribution in [0, 0.1) is 6.92 Å². The first-order chi connectivity index (χ1) is 9.29. The van der Waals surface area contributed by atoms with E-state index in [0.29, 0.717) is 6.04 Å². The third-order valence-electron chi connectivity index (χ3n) is 3.42. The molecule has 0 saturated carbocycles. The van der Waals surface area contributed by atoms with Crippen molar-refractivity contribution in [2.45, 2.75) is 39.2 Å². The van der Waals surface area contributed by atoms with Crippen molar-refractivity contribution >= 4 is 11.3 Å². The number of hydrogen-bond acceptors (Lipinski definition) is 2. The van der Waals surface area contributed by atoms with Gasteiger partial charge >= 0.3 is 0 Å². The Kier molecular flexibility index (Phi) is 5.62. The van der Waals surface area contributed by atoms with E-state index in [-0.39, 0.29) is 0 Å². The van der Waals surface area contributed by atoms with Crippen LogP contribution in [0.25, 0.3) is 0 Å². The number of hydrogen-bond donors (Lipinski definition) is 1. The molecule has 1 N–H and O–H groups in total. The Balaban J connectivity index is 2.00. The van der Waals surface area contributed by atoms with Crippen LogP contribution in [0.3, 0.4) is 0 Å². The number of thiophene rings is 1. The number of benzene rings is 1. The van der Waals surface area contributed by atoms with E-state index >= 15 is 0 Å². The monoisotopic (exact) mass is 273 g/mol. The van der Waals surface area contributed by atoms with Gasteiger partial charge in [0.05, 0.1) is 0 Å². The largest absolute Gasteiger partial charge is 0.310 e.